The normalized spacial score (nSPS) is 20.6. The zero-order valence-corrected chi connectivity index (χ0v) is 10.5. The predicted octanol–water partition coefficient (Wildman–Crippen LogP) is -0.185. The van der Waals surface area contributed by atoms with Crippen LogP contribution in [0.25, 0.3) is 0 Å². The van der Waals surface area contributed by atoms with Crippen molar-refractivity contribution in [3.05, 3.63) is 18.1 Å². The van der Waals surface area contributed by atoms with Gasteiger partial charge in [0.2, 0.25) is 0 Å². The second kappa shape index (κ2) is 5.07. The Balaban J connectivity index is 2.06. The molecular formula is C10H16N4O2S. The Morgan fingerprint density at radius 1 is 1.47 bits per heavy atom. The molecule has 94 valence electrons. The van der Waals surface area contributed by atoms with Crippen LogP contribution in [0.4, 0.5) is 0 Å². The van der Waals surface area contributed by atoms with Gasteiger partial charge in [0, 0.05) is 25.0 Å². The van der Waals surface area contributed by atoms with E-state index in [0.717, 1.165) is 19.4 Å². The molecule has 2 heterocycles. The fourth-order valence-electron chi connectivity index (χ4n) is 1.87. The van der Waals surface area contributed by atoms with E-state index in [0.29, 0.717) is 12.2 Å². The quantitative estimate of drug-likeness (QED) is 0.780. The van der Waals surface area contributed by atoms with Gasteiger partial charge in [0.25, 0.3) is 10.0 Å². The van der Waals surface area contributed by atoms with Crippen molar-refractivity contribution in [1.29, 1.82) is 0 Å². The number of rotatable bonds is 4. The highest BCUT2D eigenvalue weighted by Crippen LogP contribution is 2.09. The van der Waals surface area contributed by atoms with Gasteiger partial charge >= 0.3 is 0 Å². The number of aryl methyl sites for hydroxylation is 1. The summed E-state index contributed by atoms with van der Waals surface area (Å²) in [6, 6.07) is 0.224. The maximum Gasteiger partial charge on any atom is 0.259 e. The van der Waals surface area contributed by atoms with E-state index >= 15 is 0 Å². The number of sulfonamides is 1. The smallest absolute Gasteiger partial charge is 0.259 e. The molecule has 0 aromatic carbocycles. The summed E-state index contributed by atoms with van der Waals surface area (Å²) in [6.45, 7) is 2.99. The Bertz CT molecular complexity index is 483. The molecule has 0 saturated carbocycles. The Morgan fingerprint density at radius 2 is 2.24 bits per heavy atom. The molecule has 0 aliphatic carbocycles. The van der Waals surface area contributed by atoms with Gasteiger partial charge in [-0.3, -0.25) is 4.98 Å². The summed E-state index contributed by atoms with van der Waals surface area (Å²) in [5.41, 5.74) is 0.416. The van der Waals surface area contributed by atoms with Crippen molar-refractivity contribution in [3.8, 4) is 0 Å². The molecular weight excluding hydrogens is 240 g/mol. The third-order valence-electron chi connectivity index (χ3n) is 2.77. The van der Waals surface area contributed by atoms with Gasteiger partial charge in [-0.25, -0.2) is 18.1 Å². The van der Waals surface area contributed by atoms with Crippen molar-refractivity contribution in [2.45, 2.75) is 30.8 Å². The van der Waals surface area contributed by atoms with Crippen molar-refractivity contribution in [3.63, 3.8) is 0 Å². The van der Waals surface area contributed by atoms with E-state index in [2.05, 4.69) is 20.0 Å². The molecule has 1 atom stereocenters. The average Bonchev–Trinajstić information content (AvgIpc) is 2.80. The molecule has 0 bridgehead atoms. The molecule has 6 nitrogen and oxygen atoms in total. The summed E-state index contributed by atoms with van der Waals surface area (Å²) in [6.07, 6.45) is 4.96. The Morgan fingerprint density at radius 3 is 2.88 bits per heavy atom. The van der Waals surface area contributed by atoms with Crippen LogP contribution in [-0.4, -0.2) is 37.5 Å². The van der Waals surface area contributed by atoms with Crippen LogP contribution >= 0.6 is 0 Å². The first-order valence-electron chi connectivity index (χ1n) is 5.60. The lowest BCUT2D eigenvalue weighted by molar-refractivity contribution is 0.548. The lowest BCUT2D eigenvalue weighted by Gasteiger charge is -2.12. The van der Waals surface area contributed by atoms with Gasteiger partial charge in [0.15, 0.2) is 5.03 Å². The molecule has 0 amide bonds. The summed E-state index contributed by atoms with van der Waals surface area (Å²) in [7, 11) is -3.54. The molecule has 1 aliphatic heterocycles. The highest BCUT2D eigenvalue weighted by Gasteiger charge is 2.21. The van der Waals surface area contributed by atoms with Gasteiger partial charge < -0.3 is 5.32 Å². The van der Waals surface area contributed by atoms with E-state index in [9.17, 15) is 8.42 Å². The molecule has 17 heavy (non-hydrogen) atoms. The van der Waals surface area contributed by atoms with E-state index < -0.39 is 10.0 Å². The number of hydrogen-bond donors (Lipinski definition) is 2. The average molecular weight is 256 g/mol. The molecule has 1 unspecified atom stereocenters. The lowest BCUT2D eigenvalue weighted by Crippen LogP contribution is -2.37. The van der Waals surface area contributed by atoms with Crippen molar-refractivity contribution in [2.75, 3.05) is 13.1 Å². The molecule has 1 saturated heterocycles. The molecule has 0 spiro atoms. The maximum atomic E-state index is 12.0. The minimum atomic E-state index is -3.54. The van der Waals surface area contributed by atoms with Crippen molar-refractivity contribution < 1.29 is 8.42 Å². The second-order valence-corrected chi connectivity index (χ2v) is 5.77. The van der Waals surface area contributed by atoms with Crippen LogP contribution < -0.4 is 10.0 Å². The Kier molecular flexibility index (Phi) is 3.70. The van der Waals surface area contributed by atoms with Crippen molar-refractivity contribution >= 4 is 10.0 Å². The van der Waals surface area contributed by atoms with Crippen LogP contribution in [0.15, 0.2) is 17.4 Å². The summed E-state index contributed by atoms with van der Waals surface area (Å²) in [5, 5.41) is 3.24. The highest BCUT2D eigenvalue weighted by molar-refractivity contribution is 7.89. The zero-order valence-electron chi connectivity index (χ0n) is 9.68. The van der Waals surface area contributed by atoms with E-state index in [1.165, 1.54) is 12.4 Å². The topological polar surface area (TPSA) is 84.0 Å². The van der Waals surface area contributed by atoms with Crippen molar-refractivity contribution in [1.82, 2.24) is 20.0 Å². The van der Waals surface area contributed by atoms with E-state index in [1.54, 1.807) is 6.92 Å². The number of nitrogens with zero attached hydrogens (tertiary/aromatic N) is 2. The number of hydrogen-bond acceptors (Lipinski definition) is 5. The summed E-state index contributed by atoms with van der Waals surface area (Å²) >= 11 is 0. The summed E-state index contributed by atoms with van der Waals surface area (Å²) in [4.78, 5) is 7.79. The molecule has 1 aromatic heterocycles. The summed E-state index contributed by atoms with van der Waals surface area (Å²) < 4.78 is 26.5. The van der Waals surface area contributed by atoms with Gasteiger partial charge in [-0.05, 0) is 26.3 Å². The van der Waals surface area contributed by atoms with Gasteiger partial charge in [0.05, 0.1) is 5.69 Å². The number of aromatic nitrogens is 2. The van der Waals surface area contributed by atoms with Crippen LogP contribution in [-0.2, 0) is 10.0 Å². The molecule has 1 aliphatic rings. The van der Waals surface area contributed by atoms with Crippen LogP contribution in [0.5, 0.6) is 0 Å². The fourth-order valence-corrected chi connectivity index (χ4v) is 3.07. The third-order valence-corrected chi connectivity index (χ3v) is 4.23. The van der Waals surface area contributed by atoms with E-state index in [4.69, 9.17) is 0 Å². The van der Waals surface area contributed by atoms with Crippen LogP contribution in [0, 0.1) is 6.92 Å². The first-order valence-corrected chi connectivity index (χ1v) is 7.08. The van der Waals surface area contributed by atoms with Gasteiger partial charge in [0.1, 0.15) is 0 Å². The SMILES string of the molecule is Cc1nccnc1S(=O)(=O)NCC1CCCN1. The third kappa shape index (κ3) is 2.99. The Hall–Kier alpha value is -1.05. The molecule has 2 N–H and O–H groups in total. The maximum absolute atomic E-state index is 12.0. The Labute approximate surface area is 101 Å². The molecule has 0 radical (unpaired) electrons. The van der Waals surface area contributed by atoms with Gasteiger partial charge in [-0.1, -0.05) is 0 Å². The first kappa shape index (κ1) is 12.4. The molecule has 2 rings (SSSR count). The lowest BCUT2D eigenvalue weighted by atomic mass is 10.2. The molecule has 1 aromatic rings. The van der Waals surface area contributed by atoms with E-state index in [1.807, 2.05) is 0 Å². The van der Waals surface area contributed by atoms with Gasteiger partial charge in [-0.15, -0.1) is 0 Å². The minimum absolute atomic E-state index is 0.0120. The summed E-state index contributed by atoms with van der Waals surface area (Å²) in [5.74, 6) is 0. The minimum Gasteiger partial charge on any atom is -0.313 e. The predicted molar refractivity (Wildman–Crippen MR) is 63.0 cm³/mol. The standard InChI is InChI=1S/C10H16N4O2S/c1-8-10(13-6-5-11-8)17(15,16)14-7-9-3-2-4-12-9/h5-6,9,12,14H,2-4,7H2,1H3. The number of nitrogens with one attached hydrogen (secondary N) is 2. The van der Waals surface area contributed by atoms with E-state index in [-0.39, 0.29) is 11.1 Å². The second-order valence-electron chi connectivity index (χ2n) is 4.09. The van der Waals surface area contributed by atoms with Crippen LogP contribution in [0.1, 0.15) is 18.5 Å². The van der Waals surface area contributed by atoms with Crippen molar-refractivity contribution in [2.24, 2.45) is 0 Å². The van der Waals surface area contributed by atoms with Crippen LogP contribution in [0.3, 0.4) is 0 Å². The van der Waals surface area contributed by atoms with Gasteiger partial charge in [-0.2, -0.15) is 0 Å². The molecule has 1 fully saturated rings. The largest absolute Gasteiger partial charge is 0.313 e. The fraction of sp³-hybridized carbons (Fsp3) is 0.600. The van der Waals surface area contributed by atoms with Crippen LogP contribution in [0.2, 0.25) is 0 Å². The molecule has 7 heteroatoms. The highest BCUT2D eigenvalue weighted by atomic mass is 32.2. The zero-order chi connectivity index (χ0) is 12.3. The first-order chi connectivity index (χ1) is 8.09. The monoisotopic (exact) mass is 256 g/mol.